The molecule has 0 saturated carbocycles. The van der Waals surface area contributed by atoms with Gasteiger partial charge in [-0.2, -0.15) is 0 Å². The average Bonchev–Trinajstić information content (AvgIpc) is 2.42. The summed E-state index contributed by atoms with van der Waals surface area (Å²) in [6, 6.07) is 1.83. The van der Waals surface area contributed by atoms with Gasteiger partial charge in [0.25, 0.3) is 0 Å². The second-order valence-corrected chi connectivity index (χ2v) is 4.53. The van der Waals surface area contributed by atoms with Crippen LogP contribution in [0.25, 0.3) is 0 Å². The number of pyridine rings is 1. The molecule has 0 fully saturated rings. The first-order valence-electron chi connectivity index (χ1n) is 6.35. The highest BCUT2D eigenvalue weighted by Crippen LogP contribution is 2.00. The molecule has 0 aliphatic heterocycles. The number of nitrogens with one attached hydrogen (secondary N) is 2. The molecule has 0 spiro atoms. The van der Waals surface area contributed by atoms with E-state index >= 15 is 0 Å². The Kier molecular flexibility index (Phi) is 6.12. The lowest BCUT2D eigenvalue weighted by molar-refractivity contribution is -0.139. The zero-order valence-corrected chi connectivity index (χ0v) is 11.6. The van der Waals surface area contributed by atoms with Crippen molar-refractivity contribution in [2.24, 2.45) is 5.73 Å². The molecule has 1 heterocycles. The number of amides is 3. The molecule has 0 aliphatic carbocycles. The lowest BCUT2D eigenvalue weighted by Gasteiger charge is -2.14. The minimum atomic E-state index is -1.22. The monoisotopic (exact) mass is 294 g/mol. The van der Waals surface area contributed by atoms with Gasteiger partial charge in [0.2, 0.25) is 5.91 Å². The highest BCUT2D eigenvalue weighted by molar-refractivity contribution is 5.83. The second-order valence-electron chi connectivity index (χ2n) is 4.53. The van der Waals surface area contributed by atoms with Crippen molar-refractivity contribution in [3.05, 3.63) is 29.6 Å². The van der Waals surface area contributed by atoms with E-state index in [1.807, 2.05) is 19.1 Å². The Balaban J connectivity index is 2.44. The number of carbonyl (C=O) groups excluding carboxylic acids is 2. The Hall–Kier alpha value is -2.64. The van der Waals surface area contributed by atoms with Crippen LogP contribution < -0.4 is 16.4 Å². The third-order valence-electron chi connectivity index (χ3n) is 2.71. The fourth-order valence-corrected chi connectivity index (χ4v) is 1.54. The van der Waals surface area contributed by atoms with Crippen molar-refractivity contribution in [1.82, 2.24) is 15.6 Å². The van der Waals surface area contributed by atoms with Gasteiger partial charge >= 0.3 is 12.0 Å². The summed E-state index contributed by atoms with van der Waals surface area (Å²) in [6.07, 6.45) is 1.46. The first kappa shape index (κ1) is 16.4. The lowest BCUT2D eigenvalue weighted by atomic mass is 10.1. The largest absolute Gasteiger partial charge is 0.480 e. The van der Waals surface area contributed by atoms with Crippen LogP contribution in [0, 0.1) is 6.92 Å². The predicted molar refractivity (Wildman–Crippen MR) is 74.2 cm³/mol. The van der Waals surface area contributed by atoms with Gasteiger partial charge < -0.3 is 21.5 Å². The maximum Gasteiger partial charge on any atom is 0.326 e. The van der Waals surface area contributed by atoms with Gasteiger partial charge in [-0.1, -0.05) is 6.07 Å². The molecule has 0 radical (unpaired) electrons. The van der Waals surface area contributed by atoms with E-state index in [0.717, 1.165) is 11.3 Å². The quantitative estimate of drug-likeness (QED) is 0.557. The Morgan fingerprint density at radius 2 is 2.10 bits per heavy atom. The van der Waals surface area contributed by atoms with Gasteiger partial charge in [0, 0.05) is 24.9 Å². The number of nitrogens with zero attached hydrogens (tertiary/aromatic N) is 1. The summed E-state index contributed by atoms with van der Waals surface area (Å²) >= 11 is 0. The summed E-state index contributed by atoms with van der Waals surface area (Å²) in [4.78, 5) is 37.3. The number of aryl methyl sites for hydroxylation is 1. The van der Waals surface area contributed by atoms with Gasteiger partial charge in [-0.25, -0.2) is 9.59 Å². The van der Waals surface area contributed by atoms with Gasteiger partial charge in [0.1, 0.15) is 6.04 Å². The third-order valence-corrected chi connectivity index (χ3v) is 2.71. The number of carboxylic acids is 1. The number of hydrogen-bond acceptors (Lipinski definition) is 4. The number of aromatic nitrogens is 1. The van der Waals surface area contributed by atoms with E-state index in [9.17, 15) is 14.4 Å². The second kappa shape index (κ2) is 7.83. The van der Waals surface area contributed by atoms with Gasteiger partial charge in [0.15, 0.2) is 0 Å². The molecule has 0 aliphatic rings. The van der Waals surface area contributed by atoms with Crippen LogP contribution in [-0.4, -0.2) is 34.0 Å². The molecular weight excluding hydrogens is 276 g/mol. The molecule has 8 nitrogen and oxygen atoms in total. The first-order valence-corrected chi connectivity index (χ1v) is 6.35. The molecule has 8 heteroatoms. The van der Waals surface area contributed by atoms with Gasteiger partial charge in [-0.05, 0) is 25.0 Å². The smallest absolute Gasteiger partial charge is 0.326 e. The lowest BCUT2D eigenvalue weighted by Crippen LogP contribution is -2.46. The van der Waals surface area contributed by atoms with E-state index in [-0.39, 0.29) is 19.4 Å². The Morgan fingerprint density at radius 1 is 1.38 bits per heavy atom. The Morgan fingerprint density at radius 3 is 2.62 bits per heavy atom. The fraction of sp³-hybridized carbons (Fsp3) is 0.385. The summed E-state index contributed by atoms with van der Waals surface area (Å²) < 4.78 is 0. The number of nitrogens with two attached hydrogens (primary N) is 1. The van der Waals surface area contributed by atoms with E-state index in [1.54, 1.807) is 6.20 Å². The molecule has 1 aromatic rings. The van der Waals surface area contributed by atoms with Crippen LogP contribution in [0.2, 0.25) is 0 Å². The summed E-state index contributed by atoms with van der Waals surface area (Å²) in [5.74, 6) is -1.84. The summed E-state index contributed by atoms with van der Waals surface area (Å²) in [6.45, 7) is 2.07. The molecule has 114 valence electrons. The average molecular weight is 294 g/mol. The topological polar surface area (TPSA) is 134 Å². The van der Waals surface area contributed by atoms with Crippen LogP contribution in [0.15, 0.2) is 18.3 Å². The van der Waals surface area contributed by atoms with Crippen LogP contribution in [0.3, 0.4) is 0 Å². The van der Waals surface area contributed by atoms with E-state index in [4.69, 9.17) is 10.8 Å². The van der Waals surface area contributed by atoms with Crippen molar-refractivity contribution < 1.29 is 19.5 Å². The number of hydrogen-bond donors (Lipinski definition) is 4. The SMILES string of the molecule is Cc1ccc(CNC(=O)N[C@@H](CCC(N)=O)C(=O)O)cn1. The molecule has 1 rings (SSSR count). The van der Waals surface area contributed by atoms with Crippen LogP contribution in [0.1, 0.15) is 24.1 Å². The number of rotatable bonds is 7. The first-order chi connectivity index (χ1) is 9.88. The number of primary amides is 1. The van der Waals surface area contributed by atoms with Crippen LogP contribution in [0.5, 0.6) is 0 Å². The highest BCUT2D eigenvalue weighted by Gasteiger charge is 2.20. The standard InChI is InChI=1S/C13H18N4O4/c1-8-2-3-9(6-15-8)7-16-13(21)17-10(12(19)20)4-5-11(14)18/h2-3,6,10H,4-5,7H2,1H3,(H2,14,18)(H,19,20)(H2,16,17,21)/t10-/m0/s1. The number of carboxylic acid groups (broad SMARTS) is 1. The normalized spacial score (nSPS) is 11.5. The minimum Gasteiger partial charge on any atom is -0.480 e. The molecule has 1 atom stereocenters. The van der Waals surface area contributed by atoms with Gasteiger partial charge in [-0.15, -0.1) is 0 Å². The minimum absolute atomic E-state index is 0.0514. The van der Waals surface area contributed by atoms with Gasteiger partial charge in [0.05, 0.1) is 0 Å². The highest BCUT2D eigenvalue weighted by atomic mass is 16.4. The van der Waals surface area contributed by atoms with Crippen molar-refractivity contribution in [2.75, 3.05) is 0 Å². The van der Waals surface area contributed by atoms with Crippen molar-refractivity contribution >= 4 is 17.9 Å². The fourth-order valence-electron chi connectivity index (χ4n) is 1.54. The molecule has 21 heavy (non-hydrogen) atoms. The molecular formula is C13H18N4O4. The molecule has 3 amide bonds. The summed E-state index contributed by atoms with van der Waals surface area (Å²) in [5, 5.41) is 13.7. The Labute approximate surface area is 121 Å². The number of carbonyl (C=O) groups is 3. The maximum atomic E-state index is 11.6. The molecule has 0 aromatic carbocycles. The van der Waals surface area contributed by atoms with E-state index in [2.05, 4.69) is 15.6 Å². The van der Waals surface area contributed by atoms with E-state index < -0.39 is 23.9 Å². The Bertz CT molecular complexity index is 515. The zero-order valence-electron chi connectivity index (χ0n) is 11.6. The molecule has 1 aromatic heterocycles. The number of urea groups is 1. The maximum absolute atomic E-state index is 11.6. The van der Waals surface area contributed by atoms with Crippen LogP contribution in [0.4, 0.5) is 4.79 Å². The van der Waals surface area contributed by atoms with Crippen molar-refractivity contribution in [2.45, 2.75) is 32.4 Å². The zero-order chi connectivity index (χ0) is 15.8. The number of aliphatic carboxylic acids is 1. The molecule has 0 unspecified atom stereocenters. The van der Waals surface area contributed by atoms with E-state index in [0.29, 0.717) is 0 Å². The van der Waals surface area contributed by atoms with Crippen molar-refractivity contribution in [3.8, 4) is 0 Å². The molecule has 0 saturated heterocycles. The van der Waals surface area contributed by atoms with Gasteiger partial charge in [-0.3, -0.25) is 9.78 Å². The predicted octanol–water partition coefficient (Wildman–Crippen LogP) is -0.0921. The summed E-state index contributed by atoms with van der Waals surface area (Å²) in [7, 11) is 0. The van der Waals surface area contributed by atoms with Crippen LogP contribution in [-0.2, 0) is 16.1 Å². The third kappa shape index (κ3) is 6.37. The molecule has 0 bridgehead atoms. The van der Waals surface area contributed by atoms with Crippen LogP contribution >= 0.6 is 0 Å². The van der Waals surface area contributed by atoms with E-state index in [1.165, 1.54) is 0 Å². The molecule has 5 N–H and O–H groups in total. The summed E-state index contributed by atoms with van der Waals surface area (Å²) in [5.41, 5.74) is 6.60. The van der Waals surface area contributed by atoms with Crippen molar-refractivity contribution in [1.29, 1.82) is 0 Å². The van der Waals surface area contributed by atoms with Crippen molar-refractivity contribution in [3.63, 3.8) is 0 Å².